The molecule has 2 aliphatic rings. The van der Waals surface area contributed by atoms with Crippen molar-refractivity contribution in [3.63, 3.8) is 0 Å². The van der Waals surface area contributed by atoms with Gasteiger partial charge in [-0.05, 0) is 0 Å². The van der Waals surface area contributed by atoms with Gasteiger partial charge in [0.2, 0.25) is 5.91 Å². The molecule has 0 saturated carbocycles. The van der Waals surface area contributed by atoms with Crippen LogP contribution in [0.1, 0.15) is 73.1 Å². The molecular formula is C24H38N4O4SSi. The van der Waals surface area contributed by atoms with E-state index in [1.54, 1.807) is 11.8 Å². The minimum absolute atomic E-state index is 0.0391. The number of carbonyl (C=O) groups is 1. The lowest BCUT2D eigenvalue weighted by Crippen LogP contribution is -2.65. The highest BCUT2D eigenvalue weighted by Gasteiger charge is 2.64. The number of aromatic nitrogens is 3. The van der Waals surface area contributed by atoms with Gasteiger partial charge in [0, 0.05) is 27.3 Å². The number of H-pyrrole nitrogens is 1. The van der Waals surface area contributed by atoms with Gasteiger partial charge in [0.1, 0.15) is 11.8 Å². The van der Waals surface area contributed by atoms with Crippen LogP contribution < -0.4 is 5.32 Å². The fourth-order valence-corrected chi connectivity index (χ4v) is 11.9. The molecule has 3 N–H and O–H groups in total. The first kappa shape index (κ1) is 25.6. The molecule has 0 aromatic carbocycles. The third-order valence-corrected chi connectivity index (χ3v) is 13.5. The number of anilines is 1. The normalized spacial score (nSPS) is 27.6. The van der Waals surface area contributed by atoms with Crippen LogP contribution in [0.5, 0.6) is 0 Å². The maximum absolute atomic E-state index is 12.5. The summed E-state index contributed by atoms with van der Waals surface area (Å²) in [5.41, 5.74) is 1.69. The van der Waals surface area contributed by atoms with Crippen LogP contribution in [-0.4, -0.2) is 58.6 Å². The number of nitrogens with zero attached hydrogens (tertiary/aromatic N) is 2. The van der Waals surface area contributed by atoms with Gasteiger partial charge >= 0.3 is 8.56 Å². The maximum Gasteiger partial charge on any atom is 0.349 e. The number of hydrogen-bond donors (Lipinski definition) is 3. The van der Waals surface area contributed by atoms with E-state index in [0.29, 0.717) is 23.5 Å². The van der Waals surface area contributed by atoms with Crippen LogP contribution in [0.2, 0.25) is 10.1 Å². The molecule has 2 aliphatic heterocycles. The largest absolute Gasteiger partial charge is 0.392 e. The number of rotatable bonds is 2. The van der Waals surface area contributed by atoms with Crippen molar-refractivity contribution in [1.29, 1.82) is 0 Å². The zero-order valence-corrected chi connectivity index (χ0v) is 23.5. The second kappa shape index (κ2) is 8.30. The van der Waals surface area contributed by atoms with E-state index in [1.165, 1.54) is 6.33 Å². The summed E-state index contributed by atoms with van der Waals surface area (Å²) in [6.45, 7) is 19.2. The van der Waals surface area contributed by atoms with E-state index in [4.69, 9.17) is 8.85 Å². The van der Waals surface area contributed by atoms with Crippen molar-refractivity contribution in [2.75, 3.05) is 11.9 Å². The van der Waals surface area contributed by atoms with Crippen molar-refractivity contribution in [3.8, 4) is 0 Å². The van der Waals surface area contributed by atoms with Gasteiger partial charge in [-0.25, -0.2) is 9.97 Å². The molecule has 4 atom stereocenters. The van der Waals surface area contributed by atoms with Gasteiger partial charge in [0.05, 0.1) is 34.8 Å². The van der Waals surface area contributed by atoms with Crippen LogP contribution >= 0.6 is 11.8 Å². The van der Waals surface area contributed by atoms with E-state index in [-0.39, 0.29) is 32.6 Å². The Bertz CT molecular complexity index is 1070. The Labute approximate surface area is 207 Å². The predicted octanol–water partition coefficient (Wildman–Crippen LogP) is 4.92. The van der Waals surface area contributed by atoms with Gasteiger partial charge < -0.3 is 24.3 Å². The fourth-order valence-electron chi connectivity index (χ4n) is 5.18. The average molecular weight is 507 g/mol. The number of fused-ring (bicyclic) bond motifs is 2. The summed E-state index contributed by atoms with van der Waals surface area (Å²) in [5, 5.41) is 13.9. The second-order valence-electron chi connectivity index (χ2n) is 12.5. The van der Waals surface area contributed by atoms with Gasteiger partial charge in [0.15, 0.2) is 5.82 Å². The van der Waals surface area contributed by atoms with Gasteiger partial charge in [-0.2, -0.15) is 0 Å². The number of thioether (sulfide) groups is 1. The summed E-state index contributed by atoms with van der Waals surface area (Å²) in [6, 6.07) is 0. The smallest absolute Gasteiger partial charge is 0.349 e. The quantitative estimate of drug-likeness (QED) is 0.496. The van der Waals surface area contributed by atoms with Gasteiger partial charge in [-0.3, -0.25) is 4.79 Å². The van der Waals surface area contributed by atoms with Crippen LogP contribution in [0.4, 0.5) is 5.82 Å². The Morgan fingerprint density at radius 1 is 1.15 bits per heavy atom. The van der Waals surface area contributed by atoms with Crippen molar-refractivity contribution >= 4 is 43.1 Å². The number of nitrogens with one attached hydrogen (secondary N) is 2. The molecule has 4 rings (SSSR count). The third kappa shape index (κ3) is 4.11. The van der Waals surface area contributed by atoms with E-state index < -0.39 is 20.1 Å². The van der Waals surface area contributed by atoms with Crippen LogP contribution in [0.3, 0.4) is 0 Å². The minimum atomic E-state index is -2.68. The van der Waals surface area contributed by atoms with E-state index in [0.717, 1.165) is 5.56 Å². The fraction of sp³-hybridized carbons (Fsp3) is 0.708. The molecule has 8 nitrogen and oxygen atoms in total. The molecule has 1 amide bonds. The van der Waals surface area contributed by atoms with Crippen LogP contribution in [0, 0.1) is 5.41 Å². The average Bonchev–Trinajstić information content (AvgIpc) is 3.27. The summed E-state index contributed by atoms with van der Waals surface area (Å²) in [6.07, 6.45) is 2.31. The summed E-state index contributed by atoms with van der Waals surface area (Å²) in [7, 11) is -2.68. The third-order valence-electron chi connectivity index (χ3n) is 6.77. The number of carbonyl (C=O) groups excluding carboxylic acids is 1. The molecular weight excluding hydrogens is 468 g/mol. The Balaban J connectivity index is 1.65. The lowest BCUT2D eigenvalue weighted by atomic mass is 9.96. The first-order valence-electron chi connectivity index (χ1n) is 11.9. The Hall–Kier alpha value is -1.46. The minimum Gasteiger partial charge on any atom is -0.392 e. The number of amides is 1. The lowest BCUT2D eigenvalue weighted by Gasteiger charge is -2.53. The van der Waals surface area contributed by atoms with Crippen LogP contribution in [0.25, 0.3) is 11.0 Å². The summed E-state index contributed by atoms with van der Waals surface area (Å²) in [5.74, 6) is 0.318. The molecule has 34 heavy (non-hydrogen) atoms. The standard InChI is InChI=1S/C24H38N4O4SSi/c1-22(2,3)21(30)28-20-16-15(26-12-27-20)13(10-25-16)19-17(29)18-14(33-19)11-31-34(32-18,23(4,5)6)24(7,8)9/h10,12,14,17-19,25,29H,11H2,1-9H3,(H,26,27,28,30)/t14-,17-,18-,19+/m1/s1. The summed E-state index contributed by atoms with van der Waals surface area (Å²) in [4.78, 5) is 24.5. The molecule has 10 heteroatoms. The second-order valence-corrected chi connectivity index (χ2v) is 18.6. The van der Waals surface area contributed by atoms with Gasteiger partial charge in [0.25, 0.3) is 0 Å². The Kier molecular flexibility index (Phi) is 6.25. The molecule has 0 bridgehead atoms. The highest BCUT2D eigenvalue weighted by molar-refractivity contribution is 8.00. The highest BCUT2D eigenvalue weighted by atomic mass is 32.2. The van der Waals surface area contributed by atoms with Crippen molar-refractivity contribution in [2.45, 2.75) is 95.1 Å². The Morgan fingerprint density at radius 3 is 2.38 bits per heavy atom. The number of aliphatic hydroxyl groups is 1. The molecule has 2 aromatic heterocycles. The monoisotopic (exact) mass is 506 g/mol. The van der Waals surface area contributed by atoms with Crippen LogP contribution in [0.15, 0.2) is 12.5 Å². The molecule has 2 fully saturated rings. The summed E-state index contributed by atoms with van der Waals surface area (Å²) >= 11 is 1.68. The molecule has 0 unspecified atom stereocenters. The highest BCUT2D eigenvalue weighted by Crippen LogP contribution is 2.58. The molecule has 0 radical (unpaired) electrons. The van der Waals surface area contributed by atoms with E-state index in [9.17, 15) is 9.90 Å². The number of aromatic amines is 1. The molecule has 0 aliphatic carbocycles. The topological polar surface area (TPSA) is 109 Å². The van der Waals surface area contributed by atoms with E-state index in [1.807, 2.05) is 27.0 Å². The number of hydrogen-bond acceptors (Lipinski definition) is 7. The Morgan fingerprint density at radius 2 is 1.79 bits per heavy atom. The first-order valence-corrected chi connectivity index (χ1v) is 14.6. The van der Waals surface area contributed by atoms with Crippen LogP contribution in [-0.2, 0) is 13.6 Å². The van der Waals surface area contributed by atoms with Gasteiger partial charge in [-0.1, -0.05) is 62.3 Å². The first-order chi connectivity index (χ1) is 15.6. The molecule has 4 heterocycles. The van der Waals surface area contributed by atoms with E-state index in [2.05, 4.69) is 61.8 Å². The van der Waals surface area contributed by atoms with E-state index >= 15 is 0 Å². The lowest BCUT2D eigenvalue weighted by molar-refractivity contribution is -0.123. The molecule has 0 spiro atoms. The maximum atomic E-state index is 12.5. The van der Waals surface area contributed by atoms with Crippen molar-refractivity contribution in [2.24, 2.45) is 5.41 Å². The molecule has 188 valence electrons. The zero-order chi connectivity index (χ0) is 25.3. The van der Waals surface area contributed by atoms with Gasteiger partial charge in [-0.15, -0.1) is 11.8 Å². The van der Waals surface area contributed by atoms with Crippen molar-refractivity contribution in [3.05, 3.63) is 18.1 Å². The molecule has 2 aromatic rings. The van der Waals surface area contributed by atoms with Crippen molar-refractivity contribution < 1.29 is 18.8 Å². The zero-order valence-electron chi connectivity index (χ0n) is 21.6. The van der Waals surface area contributed by atoms with Crippen molar-refractivity contribution in [1.82, 2.24) is 15.0 Å². The number of aliphatic hydroxyl groups excluding tert-OH is 1. The molecule has 2 saturated heterocycles. The predicted molar refractivity (Wildman–Crippen MR) is 138 cm³/mol. The SMILES string of the molecule is CC(C)(C)C(=O)Nc1ncnc2c([C@@H]3S[C@@H]4CO[Si](C(C)(C)C)(C(C)(C)C)O[C@H]4[C@H]3O)c[nH]c12. The summed E-state index contributed by atoms with van der Waals surface area (Å²) < 4.78 is 13.4.